The number of carbonyl (C=O) groups is 2. The zero-order valence-electron chi connectivity index (χ0n) is 22.6. The van der Waals surface area contributed by atoms with Crippen molar-refractivity contribution in [1.29, 1.82) is 0 Å². The van der Waals surface area contributed by atoms with Crippen molar-refractivity contribution in [2.75, 3.05) is 20.9 Å². The third-order valence-electron chi connectivity index (χ3n) is 5.38. The number of hydrazine groups is 2. The average Bonchev–Trinajstić information content (AvgIpc) is 2.95. The number of hydrogen-bond donors (Lipinski definition) is 2. The van der Waals surface area contributed by atoms with Crippen molar-refractivity contribution < 1.29 is 35.5 Å². The topological polar surface area (TPSA) is 125 Å². The normalized spacial score (nSPS) is 9.77. The predicted molar refractivity (Wildman–Crippen MR) is 183 cm³/mol. The molecule has 2 heterocycles. The largest absolute Gasteiger partial charge is 0.490 e. The molecule has 43 heavy (non-hydrogen) atoms. The maximum Gasteiger partial charge on any atom is 0.490 e. The molecule has 0 aliphatic carbocycles. The SMILES string of the molecule is Cc1cc(NN(C(=[SH+])[SH2+])c2ccccc2)c(C=O)c(=O)o1.Cc1cc(NN(C(=[SH+])[SH2+])c2ccccc2)c(C=O)c(=O)o1.[Cu]. The molecule has 4 aromatic rings. The van der Waals surface area contributed by atoms with Crippen LogP contribution < -0.4 is 32.1 Å². The summed E-state index contributed by atoms with van der Waals surface area (Å²) >= 11 is 15.2. The van der Waals surface area contributed by atoms with E-state index in [0.717, 1.165) is 11.4 Å². The van der Waals surface area contributed by atoms with Gasteiger partial charge in [0, 0.05) is 29.2 Å². The van der Waals surface area contributed by atoms with Gasteiger partial charge in [-0.1, -0.05) is 36.4 Å². The molecule has 227 valence electrons. The minimum absolute atomic E-state index is 0. The smallest absolute Gasteiger partial charge is 0.428 e. The molecule has 2 aromatic heterocycles. The van der Waals surface area contributed by atoms with Crippen LogP contribution in [0.15, 0.2) is 91.2 Å². The third kappa shape index (κ3) is 9.64. The van der Waals surface area contributed by atoms with E-state index in [1.807, 2.05) is 60.7 Å². The number of anilines is 4. The Morgan fingerprint density at radius 3 is 1.30 bits per heavy atom. The van der Waals surface area contributed by atoms with Crippen molar-refractivity contribution >= 4 is 93.7 Å². The number of rotatable bonds is 8. The van der Waals surface area contributed by atoms with Crippen LogP contribution in [-0.4, -0.2) is 21.2 Å². The number of thiol groups is 2. The standard InChI is InChI=1S/2C14H12N2O3S2.Cu/c2*1-9-7-12(11(8-17)13(18)19-9)15-16(14(20)21)10-5-3-2-4-6-10;/h2*2-8,15H,1H3,(H,20,21);/p+4. The molecule has 0 saturated carbocycles. The van der Waals surface area contributed by atoms with Crippen molar-refractivity contribution in [2.24, 2.45) is 0 Å². The molecule has 0 fully saturated rings. The van der Waals surface area contributed by atoms with Gasteiger partial charge >= 0.3 is 19.9 Å². The van der Waals surface area contributed by atoms with Crippen LogP contribution in [0.1, 0.15) is 32.2 Å². The molecule has 1 radical (unpaired) electrons. The van der Waals surface area contributed by atoms with Crippen LogP contribution in [0.5, 0.6) is 0 Å². The summed E-state index contributed by atoms with van der Waals surface area (Å²) in [5, 5.41) is 3.17. The first-order valence-corrected chi connectivity index (χ1v) is 13.9. The molecule has 4 rings (SSSR count). The van der Waals surface area contributed by atoms with Crippen LogP contribution in [0.3, 0.4) is 0 Å². The van der Waals surface area contributed by atoms with Crippen molar-refractivity contribution in [3.8, 4) is 0 Å². The fourth-order valence-electron chi connectivity index (χ4n) is 3.53. The van der Waals surface area contributed by atoms with E-state index in [1.165, 1.54) is 0 Å². The maximum absolute atomic E-state index is 11.7. The fourth-order valence-corrected chi connectivity index (χ4v) is 4.23. The van der Waals surface area contributed by atoms with Gasteiger partial charge in [0.15, 0.2) is 12.6 Å². The molecule has 2 N–H and O–H groups in total. The van der Waals surface area contributed by atoms with E-state index in [-0.39, 0.29) is 28.2 Å². The number of aryl methyl sites for hydroxylation is 2. The van der Waals surface area contributed by atoms with Gasteiger partial charge in [0.25, 0.3) is 0 Å². The molecule has 0 bridgehead atoms. The van der Waals surface area contributed by atoms with Crippen molar-refractivity contribution in [1.82, 2.24) is 0 Å². The van der Waals surface area contributed by atoms with E-state index in [9.17, 15) is 19.2 Å². The molecule has 0 unspecified atom stereocenters. The summed E-state index contributed by atoms with van der Waals surface area (Å²) in [7, 11) is 0. The van der Waals surface area contributed by atoms with Gasteiger partial charge in [-0.05, 0) is 38.1 Å². The summed E-state index contributed by atoms with van der Waals surface area (Å²) in [4.78, 5) is 45.6. The monoisotopic (exact) mass is 707 g/mol. The first-order valence-electron chi connectivity index (χ1n) is 12.0. The molecule has 0 aliphatic rings. The Hall–Kier alpha value is -3.72. The summed E-state index contributed by atoms with van der Waals surface area (Å²) in [6.45, 7) is 3.26. The second-order valence-corrected chi connectivity index (χ2v) is 11.0. The van der Waals surface area contributed by atoms with Crippen molar-refractivity contribution in [2.45, 2.75) is 13.8 Å². The van der Waals surface area contributed by atoms with Crippen LogP contribution in [-0.2, 0) is 66.8 Å². The van der Waals surface area contributed by atoms with Crippen LogP contribution in [0.25, 0.3) is 0 Å². The zero-order valence-corrected chi connectivity index (χ0v) is 27.4. The summed E-state index contributed by atoms with van der Waals surface area (Å²) < 4.78 is 10.7. The molecule has 2 aromatic carbocycles. The Morgan fingerprint density at radius 2 is 1.02 bits per heavy atom. The summed E-state index contributed by atoms with van der Waals surface area (Å²) in [6, 6.07) is 21.7. The van der Waals surface area contributed by atoms with E-state index in [2.05, 4.69) is 60.5 Å². The van der Waals surface area contributed by atoms with E-state index < -0.39 is 11.3 Å². The second-order valence-electron chi connectivity index (χ2n) is 8.39. The number of carbonyl (C=O) groups excluding carboxylic acids is 2. The Kier molecular flexibility index (Phi) is 13.9. The molecule has 0 saturated heterocycles. The van der Waals surface area contributed by atoms with Gasteiger partial charge in [-0.15, -0.1) is 0 Å². The number of hydrogen-bond acceptors (Lipinski definition) is 8. The van der Waals surface area contributed by atoms with Gasteiger partial charge in [-0.25, -0.2) is 9.59 Å². The molecule has 0 amide bonds. The summed E-state index contributed by atoms with van der Waals surface area (Å²) in [6.07, 6.45) is 0.922. The summed E-state index contributed by atoms with van der Waals surface area (Å²) in [5.74, 6) is 0.798. The van der Waals surface area contributed by atoms with E-state index in [4.69, 9.17) is 8.83 Å². The fraction of sp³-hybridized carbons (Fsp3) is 0.0714. The van der Waals surface area contributed by atoms with Crippen molar-refractivity contribution in [3.05, 3.63) is 116 Å². The van der Waals surface area contributed by atoms with E-state index >= 15 is 0 Å². The number of benzene rings is 2. The number of aldehydes is 2. The minimum Gasteiger partial charge on any atom is -0.428 e. The molecule has 0 atom stereocenters. The summed E-state index contributed by atoms with van der Waals surface area (Å²) in [5.41, 5.74) is 6.66. The number of nitrogens with zero attached hydrogens (tertiary/aromatic N) is 2. The van der Waals surface area contributed by atoms with E-state index in [0.29, 0.717) is 44.1 Å². The van der Waals surface area contributed by atoms with Gasteiger partial charge in [-0.2, -0.15) is 10.0 Å². The maximum atomic E-state index is 11.7. The molecular weight excluding hydrogens is 680 g/mol. The minimum atomic E-state index is -0.685. The first kappa shape index (κ1) is 35.5. The molecular formula is C28H28CuN4O6S4+4. The Labute approximate surface area is 278 Å². The van der Waals surface area contributed by atoms with Crippen LogP contribution >= 0.6 is 0 Å². The van der Waals surface area contributed by atoms with Crippen LogP contribution in [0.2, 0.25) is 0 Å². The zero-order chi connectivity index (χ0) is 30.8. The Bertz CT molecular complexity index is 1590. The van der Waals surface area contributed by atoms with Gasteiger partial charge in [0.2, 0.25) is 24.4 Å². The van der Waals surface area contributed by atoms with Crippen LogP contribution in [0.4, 0.5) is 22.7 Å². The van der Waals surface area contributed by atoms with Gasteiger partial charge in [0.1, 0.15) is 22.6 Å². The third-order valence-corrected chi connectivity index (χ3v) is 6.22. The van der Waals surface area contributed by atoms with Gasteiger partial charge in [0.05, 0.1) is 48.0 Å². The van der Waals surface area contributed by atoms with Gasteiger partial charge in [-0.3, -0.25) is 20.4 Å². The molecule has 0 aliphatic heterocycles. The van der Waals surface area contributed by atoms with Crippen molar-refractivity contribution in [3.63, 3.8) is 0 Å². The quantitative estimate of drug-likeness (QED) is 0.0702. The number of nitrogens with one attached hydrogen (secondary N) is 2. The second kappa shape index (κ2) is 16.8. The molecule has 10 nitrogen and oxygen atoms in total. The number of para-hydroxylation sites is 2. The molecule has 15 heteroatoms. The Balaban J connectivity index is 0.000000293. The molecule has 0 spiro atoms. The Morgan fingerprint density at radius 1 is 0.698 bits per heavy atom. The van der Waals surface area contributed by atoms with Crippen LogP contribution in [0, 0.1) is 13.8 Å². The first-order chi connectivity index (χ1) is 20.0. The predicted octanol–water partition coefficient (Wildman–Crippen LogP) is 1.94. The van der Waals surface area contributed by atoms with Gasteiger partial charge < -0.3 is 8.83 Å². The average molecular weight is 708 g/mol. The van der Waals surface area contributed by atoms with E-state index in [1.54, 1.807) is 36.0 Å².